The van der Waals surface area contributed by atoms with E-state index in [1.807, 2.05) is 6.92 Å². The summed E-state index contributed by atoms with van der Waals surface area (Å²) in [4.78, 5) is 4.07. The molecule has 1 N–H and O–H groups in total. The van der Waals surface area contributed by atoms with Crippen molar-refractivity contribution in [2.75, 3.05) is 0 Å². The quantitative estimate of drug-likeness (QED) is 0.643. The van der Waals surface area contributed by atoms with Crippen molar-refractivity contribution in [1.29, 1.82) is 0 Å². The fourth-order valence-electron chi connectivity index (χ4n) is 1.11. The predicted octanol–water partition coefficient (Wildman–Crippen LogP) is 1.92. The average Bonchev–Trinajstić information content (AvgIpc) is 2.29. The van der Waals surface area contributed by atoms with Crippen LogP contribution in [0.3, 0.4) is 0 Å². The molecule has 1 rings (SSSR count). The van der Waals surface area contributed by atoms with E-state index in [9.17, 15) is 8.42 Å². The maximum atomic E-state index is 11.9. The Morgan fingerprint density at radius 2 is 2.06 bits per heavy atom. The van der Waals surface area contributed by atoms with E-state index in [4.69, 9.17) is 0 Å². The van der Waals surface area contributed by atoms with Gasteiger partial charge in [-0.15, -0.1) is 0 Å². The SMILES string of the molecule is C=C/N=C(\CC)NS(=O)(=O)c1ccccc1. The minimum absolute atomic E-state index is 0.222. The Kier molecular flexibility index (Phi) is 4.25. The summed E-state index contributed by atoms with van der Waals surface area (Å²) in [5, 5.41) is 0. The first kappa shape index (κ1) is 12.4. The van der Waals surface area contributed by atoms with E-state index in [-0.39, 0.29) is 4.90 Å². The van der Waals surface area contributed by atoms with E-state index in [1.54, 1.807) is 18.2 Å². The Morgan fingerprint density at radius 3 is 2.56 bits per heavy atom. The highest BCUT2D eigenvalue weighted by Gasteiger charge is 2.14. The summed E-state index contributed by atoms with van der Waals surface area (Å²) in [7, 11) is -3.52. The number of hydrogen-bond acceptors (Lipinski definition) is 3. The molecule has 0 aliphatic rings. The molecule has 0 radical (unpaired) electrons. The van der Waals surface area contributed by atoms with Crippen LogP contribution < -0.4 is 4.72 Å². The molecule has 86 valence electrons. The van der Waals surface area contributed by atoms with Crippen LogP contribution in [0.4, 0.5) is 0 Å². The summed E-state index contributed by atoms with van der Waals surface area (Å²) in [5.74, 6) is 0.374. The third-order valence-corrected chi connectivity index (χ3v) is 3.28. The molecule has 1 aromatic rings. The highest BCUT2D eigenvalue weighted by molar-refractivity contribution is 7.90. The smallest absolute Gasteiger partial charge is 0.262 e. The van der Waals surface area contributed by atoms with Gasteiger partial charge >= 0.3 is 0 Å². The van der Waals surface area contributed by atoms with Gasteiger partial charge in [-0.25, -0.2) is 13.4 Å². The summed E-state index contributed by atoms with van der Waals surface area (Å²) in [6.45, 7) is 5.24. The zero-order chi connectivity index (χ0) is 12.0. The van der Waals surface area contributed by atoms with Gasteiger partial charge in [-0.05, 0) is 12.1 Å². The third kappa shape index (κ3) is 3.20. The van der Waals surface area contributed by atoms with Gasteiger partial charge in [0.15, 0.2) is 0 Å². The standard InChI is InChI=1S/C11H14N2O2S/c1-3-11(12-4-2)13-16(14,15)10-8-6-5-7-9-10/h4-9H,2-3H2,1H3,(H,12,13). The number of amidine groups is 1. The van der Waals surface area contributed by atoms with Gasteiger partial charge in [-0.1, -0.05) is 31.7 Å². The van der Waals surface area contributed by atoms with Crippen molar-refractivity contribution >= 4 is 15.9 Å². The Bertz CT molecular complexity index is 478. The minimum atomic E-state index is -3.52. The van der Waals surface area contributed by atoms with Gasteiger partial charge < -0.3 is 0 Å². The van der Waals surface area contributed by atoms with Crippen LogP contribution in [0.1, 0.15) is 13.3 Å². The largest absolute Gasteiger partial charge is 0.267 e. The van der Waals surface area contributed by atoms with E-state index < -0.39 is 10.0 Å². The van der Waals surface area contributed by atoms with E-state index in [0.717, 1.165) is 0 Å². The summed E-state index contributed by atoms with van der Waals surface area (Å²) >= 11 is 0. The lowest BCUT2D eigenvalue weighted by atomic mass is 10.4. The molecule has 0 aromatic heterocycles. The summed E-state index contributed by atoms with van der Waals surface area (Å²) < 4.78 is 26.1. The van der Waals surface area contributed by atoms with Crippen LogP contribution in [0.15, 0.2) is 53.0 Å². The maximum Gasteiger partial charge on any atom is 0.262 e. The highest BCUT2D eigenvalue weighted by atomic mass is 32.2. The lowest BCUT2D eigenvalue weighted by Gasteiger charge is -2.08. The molecule has 0 saturated carbocycles. The van der Waals surface area contributed by atoms with Gasteiger partial charge in [0, 0.05) is 12.6 Å². The van der Waals surface area contributed by atoms with E-state index >= 15 is 0 Å². The Hall–Kier alpha value is -1.62. The van der Waals surface area contributed by atoms with Crippen LogP contribution in [0.5, 0.6) is 0 Å². The first-order valence-corrected chi connectivity index (χ1v) is 6.34. The minimum Gasteiger partial charge on any atom is -0.267 e. The fraction of sp³-hybridized carbons (Fsp3) is 0.182. The lowest BCUT2D eigenvalue weighted by molar-refractivity contribution is 0.592. The first-order chi connectivity index (χ1) is 7.60. The van der Waals surface area contributed by atoms with Crippen LogP contribution >= 0.6 is 0 Å². The average molecular weight is 238 g/mol. The molecule has 0 bridgehead atoms. The fourth-order valence-corrected chi connectivity index (χ4v) is 2.25. The monoisotopic (exact) mass is 238 g/mol. The van der Waals surface area contributed by atoms with Gasteiger partial charge in [-0.3, -0.25) is 4.72 Å². The predicted molar refractivity (Wildman–Crippen MR) is 64.7 cm³/mol. The number of rotatable bonds is 4. The second-order valence-corrected chi connectivity index (χ2v) is 4.71. The Labute approximate surface area is 95.8 Å². The Morgan fingerprint density at radius 1 is 1.44 bits per heavy atom. The lowest BCUT2D eigenvalue weighted by Crippen LogP contribution is -2.29. The van der Waals surface area contributed by atoms with Gasteiger partial charge in [0.1, 0.15) is 5.84 Å². The van der Waals surface area contributed by atoms with E-state index in [2.05, 4.69) is 16.3 Å². The molecule has 0 aliphatic heterocycles. The second-order valence-electron chi connectivity index (χ2n) is 3.03. The highest BCUT2D eigenvalue weighted by Crippen LogP contribution is 2.07. The molecule has 0 unspecified atom stereocenters. The van der Waals surface area contributed by atoms with Crippen LogP contribution in [-0.2, 0) is 10.0 Å². The van der Waals surface area contributed by atoms with Gasteiger partial charge in [-0.2, -0.15) is 0 Å². The zero-order valence-corrected chi connectivity index (χ0v) is 9.87. The topological polar surface area (TPSA) is 58.5 Å². The normalized spacial score (nSPS) is 12.2. The molecule has 1 aromatic carbocycles. The van der Waals surface area contributed by atoms with Gasteiger partial charge in [0.2, 0.25) is 0 Å². The van der Waals surface area contributed by atoms with Crippen LogP contribution in [0.2, 0.25) is 0 Å². The van der Waals surface area contributed by atoms with Crippen molar-refractivity contribution in [3.05, 3.63) is 43.1 Å². The van der Waals surface area contributed by atoms with E-state index in [1.165, 1.54) is 18.3 Å². The van der Waals surface area contributed by atoms with Crippen LogP contribution in [0.25, 0.3) is 0 Å². The molecule has 0 atom stereocenters. The number of hydrogen-bond donors (Lipinski definition) is 1. The number of sulfonamides is 1. The third-order valence-electron chi connectivity index (χ3n) is 1.89. The zero-order valence-electron chi connectivity index (χ0n) is 9.05. The first-order valence-electron chi connectivity index (χ1n) is 4.85. The van der Waals surface area contributed by atoms with Crippen molar-refractivity contribution in [2.45, 2.75) is 18.2 Å². The number of nitrogens with zero attached hydrogens (tertiary/aromatic N) is 1. The molecule has 0 saturated heterocycles. The van der Waals surface area contributed by atoms with Crippen molar-refractivity contribution < 1.29 is 8.42 Å². The summed E-state index contributed by atoms with van der Waals surface area (Å²) in [6.07, 6.45) is 1.81. The number of nitrogens with one attached hydrogen (secondary N) is 1. The molecule has 0 heterocycles. The molecule has 0 spiro atoms. The van der Waals surface area contributed by atoms with Crippen LogP contribution in [0, 0.1) is 0 Å². The molecule has 0 amide bonds. The molecular weight excluding hydrogens is 224 g/mol. The molecule has 5 heteroatoms. The van der Waals surface area contributed by atoms with E-state index in [0.29, 0.717) is 12.3 Å². The molecular formula is C11H14N2O2S. The number of benzene rings is 1. The maximum absolute atomic E-state index is 11.9. The molecule has 4 nitrogen and oxygen atoms in total. The van der Waals surface area contributed by atoms with Crippen molar-refractivity contribution in [2.24, 2.45) is 4.99 Å². The summed E-state index contributed by atoms with van der Waals surface area (Å²) in [5.41, 5.74) is 0. The van der Waals surface area contributed by atoms with Gasteiger partial charge in [0.05, 0.1) is 4.90 Å². The molecule has 0 aliphatic carbocycles. The molecule has 16 heavy (non-hydrogen) atoms. The van der Waals surface area contributed by atoms with Gasteiger partial charge in [0.25, 0.3) is 10.0 Å². The Balaban J connectivity index is 2.97. The van der Waals surface area contributed by atoms with Crippen molar-refractivity contribution in [3.63, 3.8) is 0 Å². The summed E-state index contributed by atoms with van der Waals surface area (Å²) in [6, 6.07) is 8.17. The second kappa shape index (κ2) is 5.46. The number of aliphatic imine (C=N–C) groups is 1. The van der Waals surface area contributed by atoms with Crippen molar-refractivity contribution in [3.8, 4) is 0 Å². The van der Waals surface area contributed by atoms with Crippen molar-refractivity contribution in [1.82, 2.24) is 4.72 Å². The molecule has 0 fully saturated rings. The van der Waals surface area contributed by atoms with Crippen LogP contribution in [-0.4, -0.2) is 14.3 Å².